The van der Waals surface area contributed by atoms with Gasteiger partial charge in [-0.3, -0.25) is 4.79 Å². The lowest BCUT2D eigenvalue weighted by Crippen LogP contribution is -2.56. The molecule has 2 aliphatic heterocycles. The van der Waals surface area contributed by atoms with E-state index < -0.39 is 17.9 Å². The van der Waals surface area contributed by atoms with Crippen molar-refractivity contribution in [3.8, 4) is 11.5 Å². The molecule has 28 heavy (non-hydrogen) atoms. The molecule has 1 fully saturated rings. The molecule has 0 saturated carbocycles. The topological polar surface area (TPSA) is 126 Å². The lowest BCUT2D eigenvalue weighted by molar-refractivity contribution is -0.127. The lowest BCUT2D eigenvalue weighted by Gasteiger charge is -2.43. The third-order valence-corrected chi connectivity index (χ3v) is 6.45. The van der Waals surface area contributed by atoms with Crippen molar-refractivity contribution in [3.05, 3.63) is 23.3 Å². The number of rotatable bonds is 6. The summed E-state index contributed by atoms with van der Waals surface area (Å²) in [6.07, 6.45) is 0.966. The SMILES string of the molecule is COc1ccc2c(c1C(=O)O)O[B-](O)(O)[C@@H](SCC(=O)N1CCC(OC)C1)C2. The van der Waals surface area contributed by atoms with Gasteiger partial charge in [-0.15, -0.1) is 0 Å². The summed E-state index contributed by atoms with van der Waals surface area (Å²) in [5, 5.41) is 29.5. The largest absolute Gasteiger partial charge is 0.669 e. The number of fused-ring (bicyclic) bond motifs is 1. The van der Waals surface area contributed by atoms with E-state index in [2.05, 4.69) is 0 Å². The Morgan fingerprint density at radius 2 is 2.11 bits per heavy atom. The summed E-state index contributed by atoms with van der Waals surface area (Å²) in [4.78, 5) is 25.7. The Morgan fingerprint density at radius 1 is 1.36 bits per heavy atom. The molecule has 0 bridgehead atoms. The highest BCUT2D eigenvalue weighted by Gasteiger charge is 2.41. The number of benzene rings is 1. The second-order valence-corrected chi connectivity index (χ2v) is 8.08. The molecule has 3 N–H and O–H groups in total. The number of likely N-dealkylation sites (tertiary alicyclic amines) is 1. The zero-order chi connectivity index (χ0) is 20.5. The number of carboxylic acids is 1. The van der Waals surface area contributed by atoms with E-state index in [-0.39, 0.29) is 41.2 Å². The first-order valence-corrected chi connectivity index (χ1v) is 9.95. The summed E-state index contributed by atoms with van der Waals surface area (Å²) in [7, 11) is 2.93. The first kappa shape index (κ1) is 20.8. The molecule has 1 aromatic carbocycles. The van der Waals surface area contributed by atoms with E-state index in [0.29, 0.717) is 18.7 Å². The molecule has 2 atom stereocenters. The quantitative estimate of drug-likeness (QED) is 0.560. The number of thioether (sulfide) groups is 1. The fourth-order valence-corrected chi connectivity index (χ4v) is 4.64. The standard InChI is InChI=1S/C17H23BNO8S/c1-25-11-5-6-19(8-11)14(20)9-28-13-7-10-3-4-12(26-2)15(17(21)22)16(10)27-18(13,23)24/h3-4,11,13,23-24H,5-9H2,1-2H3,(H,21,22)/q-1/t11?,13-/m0/s1. The van der Waals surface area contributed by atoms with Crippen molar-refractivity contribution in [1.82, 2.24) is 4.90 Å². The smallest absolute Gasteiger partial charge is 0.443 e. The fourth-order valence-electron chi connectivity index (χ4n) is 3.50. The molecule has 0 aromatic heterocycles. The predicted octanol–water partition coefficient (Wildman–Crippen LogP) is 0.140. The Labute approximate surface area is 166 Å². The lowest BCUT2D eigenvalue weighted by atomic mass is 9.69. The number of methoxy groups -OCH3 is 2. The van der Waals surface area contributed by atoms with E-state index in [0.717, 1.165) is 18.2 Å². The summed E-state index contributed by atoms with van der Waals surface area (Å²) < 4.78 is 15.6. The van der Waals surface area contributed by atoms with Gasteiger partial charge in [0.15, 0.2) is 0 Å². The van der Waals surface area contributed by atoms with Crippen LogP contribution in [0.2, 0.25) is 0 Å². The number of nitrogens with zero attached hydrogens (tertiary/aromatic N) is 1. The first-order chi connectivity index (χ1) is 13.3. The summed E-state index contributed by atoms with van der Waals surface area (Å²) >= 11 is 1.09. The number of carbonyl (C=O) groups excluding carboxylic acids is 1. The van der Waals surface area contributed by atoms with Gasteiger partial charge in [0.25, 0.3) is 0 Å². The molecule has 3 rings (SSSR count). The molecule has 0 radical (unpaired) electrons. The Bertz CT molecular complexity index is 774. The molecule has 1 saturated heterocycles. The second-order valence-electron chi connectivity index (χ2n) is 6.85. The van der Waals surface area contributed by atoms with Crippen LogP contribution in [0.4, 0.5) is 0 Å². The van der Waals surface area contributed by atoms with E-state index >= 15 is 0 Å². The molecular weight excluding hydrogens is 389 g/mol. The van der Waals surface area contributed by atoms with Crippen LogP contribution in [0, 0.1) is 0 Å². The van der Waals surface area contributed by atoms with Crippen molar-refractivity contribution < 1.29 is 38.9 Å². The number of amides is 1. The van der Waals surface area contributed by atoms with Crippen molar-refractivity contribution in [2.24, 2.45) is 0 Å². The van der Waals surface area contributed by atoms with Gasteiger partial charge in [0.2, 0.25) is 5.91 Å². The number of aromatic carboxylic acids is 1. The first-order valence-electron chi connectivity index (χ1n) is 8.90. The van der Waals surface area contributed by atoms with Crippen molar-refractivity contribution in [2.75, 3.05) is 33.1 Å². The zero-order valence-corrected chi connectivity index (χ0v) is 16.5. The van der Waals surface area contributed by atoms with Crippen LogP contribution in [-0.4, -0.2) is 83.0 Å². The summed E-state index contributed by atoms with van der Waals surface area (Å²) in [6.45, 7) is -2.22. The predicted molar refractivity (Wildman–Crippen MR) is 103 cm³/mol. The van der Waals surface area contributed by atoms with Gasteiger partial charge in [-0.1, -0.05) is 6.07 Å². The highest BCUT2D eigenvalue weighted by molar-refractivity contribution is 8.02. The summed E-state index contributed by atoms with van der Waals surface area (Å²) in [5.74, 6) is -1.37. The number of carboxylic acid groups (broad SMARTS) is 1. The monoisotopic (exact) mass is 412 g/mol. The Hall–Kier alpha value is -1.95. The van der Waals surface area contributed by atoms with E-state index in [1.165, 1.54) is 13.2 Å². The van der Waals surface area contributed by atoms with Crippen LogP contribution in [0.15, 0.2) is 12.1 Å². The van der Waals surface area contributed by atoms with Gasteiger partial charge < -0.3 is 34.2 Å². The fraction of sp³-hybridized carbons (Fsp3) is 0.529. The van der Waals surface area contributed by atoms with Crippen molar-refractivity contribution in [3.63, 3.8) is 0 Å². The van der Waals surface area contributed by atoms with Gasteiger partial charge >= 0.3 is 12.7 Å². The average Bonchev–Trinajstić information content (AvgIpc) is 3.13. The minimum atomic E-state index is -3.36. The van der Waals surface area contributed by atoms with Gasteiger partial charge in [-0.05, 0) is 29.6 Å². The molecule has 0 aliphatic carbocycles. The normalized spacial score (nSPS) is 23.1. The van der Waals surface area contributed by atoms with Crippen LogP contribution >= 0.6 is 11.8 Å². The van der Waals surface area contributed by atoms with Crippen LogP contribution in [0.5, 0.6) is 11.5 Å². The molecule has 1 aromatic rings. The molecule has 9 nitrogen and oxygen atoms in total. The van der Waals surface area contributed by atoms with Gasteiger partial charge in [0.1, 0.15) is 11.3 Å². The Morgan fingerprint density at radius 3 is 2.71 bits per heavy atom. The number of ether oxygens (including phenoxy) is 2. The van der Waals surface area contributed by atoms with Crippen LogP contribution < -0.4 is 9.39 Å². The second kappa shape index (κ2) is 8.20. The maximum absolute atomic E-state index is 12.4. The number of hydrogen-bond acceptors (Lipinski definition) is 8. The third-order valence-electron chi connectivity index (χ3n) is 5.08. The summed E-state index contributed by atoms with van der Waals surface area (Å²) in [5.41, 5.74) is 0.265. The van der Waals surface area contributed by atoms with Crippen molar-refractivity contribution in [2.45, 2.75) is 24.1 Å². The van der Waals surface area contributed by atoms with E-state index in [1.54, 1.807) is 18.1 Å². The summed E-state index contributed by atoms with van der Waals surface area (Å²) in [6, 6.07) is 3.13. The molecule has 2 aliphatic rings. The molecule has 0 spiro atoms. The number of hydrogen-bond donors (Lipinski definition) is 3. The Kier molecular flexibility index (Phi) is 6.08. The van der Waals surface area contributed by atoms with Gasteiger partial charge in [-0.25, -0.2) is 4.79 Å². The minimum Gasteiger partial charge on any atom is -0.669 e. The zero-order valence-electron chi connectivity index (χ0n) is 15.7. The molecular formula is C17H23BNO8S-. The van der Waals surface area contributed by atoms with Gasteiger partial charge in [0, 0.05) is 20.2 Å². The minimum absolute atomic E-state index is 0.0299. The van der Waals surface area contributed by atoms with Gasteiger partial charge in [-0.2, -0.15) is 11.8 Å². The average molecular weight is 412 g/mol. The van der Waals surface area contributed by atoms with Crippen LogP contribution in [-0.2, 0) is 16.0 Å². The van der Waals surface area contributed by atoms with Crippen LogP contribution in [0.3, 0.4) is 0 Å². The molecule has 1 amide bonds. The maximum atomic E-state index is 12.4. The van der Waals surface area contributed by atoms with E-state index in [4.69, 9.17) is 14.1 Å². The highest BCUT2D eigenvalue weighted by Crippen LogP contribution is 2.40. The number of carbonyl (C=O) groups is 2. The maximum Gasteiger partial charge on any atom is 0.443 e. The van der Waals surface area contributed by atoms with E-state index in [9.17, 15) is 24.7 Å². The van der Waals surface area contributed by atoms with Crippen molar-refractivity contribution >= 4 is 30.4 Å². The Balaban J connectivity index is 1.72. The third kappa shape index (κ3) is 4.07. The molecule has 11 heteroatoms. The molecule has 2 heterocycles. The molecule has 1 unspecified atom stereocenters. The highest BCUT2D eigenvalue weighted by atomic mass is 32.2. The van der Waals surface area contributed by atoms with Crippen LogP contribution in [0.1, 0.15) is 22.3 Å². The van der Waals surface area contributed by atoms with Gasteiger partial charge in [0.05, 0.1) is 24.7 Å². The van der Waals surface area contributed by atoms with E-state index in [1.807, 2.05) is 0 Å². The van der Waals surface area contributed by atoms with Crippen LogP contribution in [0.25, 0.3) is 0 Å². The molecule has 154 valence electrons. The van der Waals surface area contributed by atoms with Crippen molar-refractivity contribution in [1.29, 1.82) is 0 Å².